The van der Waals surface area contributed by atoms with Gasteiger partial charge in [-0.15, -0.1) is 0 Å². The molecule has 0 bridgehead atoms. The van der Waals surface area contributed by atoms with Gasteiger partial charge in [0.05, 0.1) is 12.4 Å². The molecule has 0 fully saturated rings. The molecular weight excluding hydrogens is 362 g/mol. The Morgan fingerprint density at radius 1 is 0.643 bits per heavy atom. The summed E-state index contributed by atoms with van der Waals surface area (Å²) in [5.41, 5.74) is 3.13. The van der Waals surface area contributed by atoms with Gasteiger partial charge in [0.2, 0.25) is 0 Å². The Kier molecular flexibility index (Phi) is 6.84. The zero-order valence-electron chi connectivity index (χ0n) is 15.0. The smallest absolute Gasteiger partial charge is 0.142 e. The topological polar surface area (TPSA) is 43.2 Å². The Morgan fingerprint density at radius 3 is 1.46 bits per heavy atom. The fraction of sp³-hybridized carbons (Fsp3) is 0.0909. The van der Waals surface area contributed by atoms with Crippen molar-refractivity contribution < 1.29 is 18.5 Å². The maximum absolute atomic E-state index is 13.1. The highest BCUT2D eigenvalue weighted by Crippen LogP contribution is 2.08. The summed E-state index contributed by atoms with van der Waals surface area (Å²) in [6.07, 6.45) is 2.92. The Labute approximate surface area is 161 Å². The fourth-order valence-corrected chi connectivity index (χ4v) is 2.33. The van der Waals surface area contributed by atoms with Crippen LogP contribution < -0.4 is 0 Å². The van der Waals surface area contributed by atoms with E-state index in [0.29, 0.717) is 24.3 Å². The summed E-state index contributed by atoms with van der Waals surface area (Å²) >= 11 is 0. The van der Waals surface area contributed by atoms with Crippen LogP contribution in [-0.2, 0) is 22.9 Å². The lowest BCUT2D eigenvalue weighted by molar-refractivity contribution is 0.130. The molecule has 0 aromatic heterocycles. The number of hydrogen-bond acceptors (Lipinski definition) is 4. The maximum Gasteiger partial charge on any atom is 0.142 e. The first-order chi connectivity index (χ1) is 13.7. The van der Waals surface area contributed by atoms with Gasteiger partial charge in [-0.1, -0.05) is 58.8 Å². The van der Waals surface area contributed by atoms with Crippen LogP contribution in [0.2, 0.25) is 0 Å². The molecular formula is C22H18F2N2O2. The summed E-state index contributed by atoms with van der Waals surface area (Å²) in [5.74, 6) is -0.635. The summed E-state index contributed by atoms with van der Waals surface area (Å²) in [6, 6.07) is 19.8. The molecule has 3 aromatic rings. The van der Waals surface area contributed by atoms with E-state index >= 15 is 0 Å². The van der Waals surface area contributed by atoms with E-state index in [1.807, 2.05) is 24.3 Å². The lowest BCUT2D eigenvalue weighted by Gasteiger charge is -2.03. The summed E-state index contributed by atoms with van der Waals surface area (Å²) in [5, 5.41) is 7.67. The molecule has 0 atom stereocenters. The van der Waals surface area contributed by atoms with Crippen LogP contribution >= 0.6 is 0 Å². The lowest BCUT2D eigenvalue weighted by atomic mass is 10.1. The number of nitrogens with zero attached hydrogens (tertiary/aromatic N) is 2. The van der Waals surface area contributed by atoms with Gasteiger partial charge >= 0.3 is 0 Å². The molecule has 0 spiro atoms. The van der Waals surface area contributed by atoms with Crippen molar-refractivity contribution in [2.75, 3.05) is 0 Å². The van der Waals surface area contributed by atoms with Gasteiger partial charge in [-0.05, 0) is 46.5 Å². The molecule has 0 amide bonds. The van der Waals surface area contributed by atoms with E-state index in [4.69, 9.17) is 9.68 Å². The molecule has 6 heteroatoms. The van der Waals surface area contributed by atoms with Crippen LogP contribution in [-0.4, -0.2) is 12.4 Å². The van der Waals surface area contributed by atoms with Crippen LogP contribution in [0.1, 0.15) is 22.3 Å². The van der Waals surface area contributed by atoms with Crippen LogP contribution in [0.3, 0.4) is 0 Å². The molecule has 0 aliphatic heterocycles. The van der Waals surface area contributed by atoms with Crippen molar-refractivity contribution in [2.45, 2.75) is 13.2 Å². The average molecular weight is 380 g/mol. The average Bonchev–Trinajstić information content (AvgIpc) is 2.70. The van der Waals surface area contributed by atoms with E-state index in [2.05, 4.69) is 10.3 Å². The number of rotatable bonds is 8. The van der Waals surface area contributed by atoms with Crippen LogP contribution in [0.5, 0.6) is 0 Å². The van der Waals surface area contributed by atoms with Gasteiger partial charge < -0.3 is 9.68 Å². The van der Waals surface area contributed by atoms with Crippen LogP contribution in [0.4, 0.5) is 8.78 Å². The minimum atomic E-state index is -0.318. The third-order valence-corrected chi connectivity index (χ3v) is 3.74. The quantitative estimate of drug-likeness (QED) is 0.405. The third-order valence-electron chi connectivity index (χ3n) is 3.74. The van der Waals surface area contributed by atoms with Crippen LogP contribution in [0, 0.1) is 11.6 Å². The highest BCUT2D eigenvalue weighted by Gasteiger charge is 1.97. The van der Waals surface area contributed by atoms with E-state index in [1.165, 1.54) is 36.7 Å². The summed E-state index contributed by atoms with van der Waals surface area (Å²) in [7, 11) is 0. The molecule has 0 saturated carbocycles. The molecule has 142 valence electrons. The van der Waals surface area contributed by atoms with Gasteiger partial charge in [-0.25, -0.2) is 8.78 Å². The second-order valence-electron chi connectivity index (χ2n) is 5.94. The van der Waals surface area contributed by atoms with Crippen LogP contribution in [0.15, 0.2) is 83.1 Å². The Bertz CT molecular complexity index is 878. The molecule has 0 radical (unpaired) electrons. The van der Waals surface area contributed by atoms with Gasteiger partial charge in [0.25, 0.3) is 0 Å². The van der Waals surface area contributed by atoms with E-state index in [9.17, 15) is 8.78 Å². The second kappa shape index (κ2) is 9.97. The number of halogens is 2. The Morgan fingerprint density at radius 2 is 1.07 bits per heavy atom. The Balaban J connectivity index is 1.42. The van der Waals surface area contributed by atoms with Crippen molar-refractivity contribution in [3.63, 3.8) is 0 Å². The van der Waals surface area contributed by atoms with Crippen molar-refractivity contribution in [1.29, 1.82) is 0 Å². The SMILES string of the molecule is Fc1cccc(/C=N/OCc2ccc(CO/N=C/c3cccc(F)c3)cc2)c1. The van der Waals surface area contributed by atoms with Gasteiger partial charge in [0.1, 0.15) is 24.8 Å². The van der Waals surface area contributed by atoms with Crippen molar-refractivity contribution in [2.24, 2.45) is 10.3 Å². The second-order valence-corrected chi connectivity index (χ2v) is 5.94. The van der Waals surface area contributed by atoms with Gasteiger partial charge in [-0.3, -0.25) is 0 Å². The first-order valence-corrected chi connectivity index (χ1v) is 8.59. The predicted octanol–water partition coefficient (Wildman–Crippen LogP) is 5.07. The molecule has 0 unspecified atom stereocenters. The predicted molar refractivity (Wildman–Crippen MR) is 104 cm³/mol. The molecule has 3 aromatic carbocycles. The molecule has 0 aliphatic carbocycles. The van der Waals surface area contributed by atoms with Gasteiger partial charge in [-0.2, -0.15) is 0 Å². The summed E-state index contributed by atoms with van der Waals surface area (Å²) in [6.45, 7) is 0.593. The minimum Gasteiger partial charge on any atom is -0.391 e. The van der Waals surface area contributed by atoms with Gasteiger partial charge in [0.15, 0.2) is 0 Å². The van der Waals surface area contributed by atoms with Crippen LogP contribution in [0.25, 0.3) is 0 Å². The number of oxime groups is 2. The molecule has 0 aliphatic rings. The summed E-state index contributed by atoms with van der Waals surface area (Å²) < 4.78 is 26.1. The zero-order chi connectivity index (χ0) is 19.6. The van der Waals surface area contributed by atoms with Crippen molar-refractivity contribution in [1.82, 2.24) is 0 Å². The first kappa shape index (κ1) is 19.2. The van der Waals surface area contributed by atoms with Gasteiger partial charge in [0, 0.05) is 0 Å². The number of hydrogen-bond donors (Lipinski definition) is 0. The zero-order valence-corrected chi connectivity index (χ0v) is 15.0. The molecule has 28 heavy (non-hydrogen) atoms. The number of benzene rings is 3. The highest BCUT2D eigenvalue weighted by molar-refractivity contribution is 5.79. The third kappa shape index (κ3) is 6.32. The van der Waals surface area contributed by atoms with E-state index in [-0.39, 0.29) is 11.6 Å². The molecule has 3 rings (SSSR count). The monoisotopic (exact) mass is 380 g/mol. The normalized spacial score (nSPS) is 11.2. The highest BCUT2D eigenvalue weighted by atomic mass is 19.1. The minimum absolute atomic E-state index is 0.296. The van der Waals surface area contributed by atoms with Crippen molar-refractivity contribution >= 4 is 12.4 Å². The van der Waals surface area contributed by atoms with Crippen molar-refractivity contribution in [3.8, 4) is 0 Å². The lowest BCUT2D eigenvalue weighted by Crippen LogP contribution is -1.92. The van der Waals surface area contributed by atoms with Crippen molar-refractivity contribution in [3.05, 3.63) is 107 Å². The molecule has 0 heterocycles. The molecule has 0 N–H and O–H groups in total. The Hall–Kier alpha value is -3.54. The maximum atomic E-state index is 13.1. The molecule has 0 saturated heterocycles. The van der Waals surface area contributed by atoms with E-state index in [1.54, 1.807) is 24.3 Å². The molecule has 4 nitrogen and oxygen atoms in total. The first-order valence-electron chi connectivity index (χ1n) is 8.59. The van der Waals surface area contributed by atoms with E-state index in [0.717, 1.165) is 11.1 Å². The largest absolute Gasteiger partial charge is 0.391 e. The fourth-order valence-electron chi connectivity index (χ4n) is 2.33. The summed E-state index contributed by atoms with van der Waals surface area (Å²) in [4.78, 5) is 10.4. The van der Waals surface area contributed by atoms with E-state index < -0.39 is 0 Å². The standard InChI is InChI=1S/C22H18F2N2O2/c23-21-5-1-3-19(11-21)13-25-27-15-17-7-9-18(10-8-17)16-28-26-14-20-4-2-6-22(24)12-20/h1-14H,15-16H2/b25-13+,26-14+.